The Morgan fingerprint density at radius 1 is 0.882 bits per heavy atom. The zero-order valence-electron chi connectivity index (χ0n) is 19.2. The summed E-state index contributed by atoms with van der Waals surface area (Å²) in [6.45, 7) is 3.66. The third-order valence-corrected chi connectivity index (χ3v) is 7.34. The molecule has 0 saturated carbocycles. The highest BCUT2D eigenvalue weighted by Crippen LogP contribution is 2.31. The van der Waals surface area contributed by atoms with Gasteiger partial charge in [-0.2, -0.15) is 0 Å². The largest absolute Gasteiger partial charge is 0.497 e. The number of sulfonamides is 1. The summed E-state index contributed by atoms with van der Waals surface area (Å²) in [6, 6.07) is 24.4. The van der Waals surface area contributed by atoms with Crippen LogP contribution in [0.25, 0.3) is 10.8 Å². The number of nitrogens with one attached hydrogen (secondary N) is 2. The van der Waals surface area contributed by atoms with Crippen molar-refractivity contribution in [3.8, 4) is 5.75 Å². The van der Waals surface area contributed by atoms with E-state index in [0.29, 0.717) is 27.8 Å². The predicted molar refractivity (Wildman–Crippen MR) is 135 cm³/mol. The minimum atomic E-state index is -3.86. The summed E-state index contributed by atoms with van der Waals surface area (Å²) in [4.78, 5) is 13.0. The first-order valence-corrected chi connectivity index (χ1v) is 12.3. The number of carbonyl (C=O) groups excluding carboxylic acids is 1. The van der Waals surface area contributed by atoms with Crippen molar-refractivity contribution in [1.82, 2.24) is 4.72 Å². The Hall–Kier alpha value is -3.68. The summed E-state index contributed by atoms with van der Waals surface area (Å²) in [5.74, 6) is 0.409. The number of rotatable bonds is 7. The number of benzene rings is 4. The topological polar surface area (TPSA) is 84.5 Å². The molecular formula is C27H26N2O4S. The van der Waals surface area contributed by atoms with E-state index in [9.17, 15) is 13.2 Å². The van der Waals surface area contributed by atoms with Gasteiger partial charge in [0.05, 0.1) is 12.0 Å². The van der Waals surface area contributed by atoms with Gasteiger partial charge in [-0.3, -0.25) is 4.79 Å². The summed E-state index contributed by atoms with van der Waals surface area (Å²) in [6.07, 6.45) is 0. The van der Waals surface area contributed by atoms with Gasteiger partial charge < -0.3 is 10.1 Å². The SMILES string of the molecule is COc1cccc(C(C)NS(=O)(=O)c2ccc(NC(=O)c3ccccc3C)c3ccccc23)c1. The van der Waals surface area contributed by atoms with Gasteiger partial charge in [0.2, 0.25) is 10.0 Å². The molecule has 34 heavy (non-hydrogen) atoms. The van der Waals surface area contributed by atoms with Crippen LogP contribution in [0.5, 0.6) is 5.75 Å². The molecule has 0 aliphatic rings. The van der Waals surface area contributed by atoms with Crippen LogP contribution in [0.1, 0.15) is 34.5 Å². The second-order valence-electron chi connectivity index (χ2n) is 8.05. The molecule has 4 aromatic rings. The fourth-order valence-electron chi connectivity index (χ4n) is 3.91. The van der Waals surface area contributed by atoms with Crippen LogP contribution in [-0.4, -0.2) is 21.4 Å². The van der Waals surface area contributed by atoms with Crippen LogP contribution in [0.4, 0.5) is 5.69 Å². The fraction of sp³-hybridized carbons (Fsp3) is 0.148. The lowest BCUT2D eigenvalue weighted by molar-refractivity contribution is 0.102. The number of hydrogen-bond donors (Lipinski definition) is 2. The standard InChI is InChI=1S/C27H26N2O4S/c1-18-9-4-5-12-22(18)27(30)28-25-15-16-26(24-14-7-6-13-23(24)25)34(31,32)29-19(2)20-10-8-11-21(17-20)33-3/h4-17,19,29H,1-3H3,(H,28,30). The first-order valence-electron chi connectivity index (χ1n) is 10.8. The van der Waals surface area contributed by atoms with Gasteiger partial charge in [-0.1, -0.05) is 54.6 Å². The van der Waals surface area contributed by atoms with E-state index >= 15 is 0 Å². The van der Waals surface area contributed by atoms with Crippen molar-refractivity contribution in [2.45, 2.75) is 24.8 Å². The predicted octanol–water partition coefficient (Wildman–Crippen LogP) is 5.45. The van der Waals surface area contributed by atoms with Crippen molar-refractivity contribution in [2.24, 2.45) is 0 Å². The third kappa shape index (κ3) is 4.81. The van der Waals surface area contributed by atoms with Gasteiger partial charge >= 0.3 is 0 Å². The Balaban J connectivity index is 1.67. The van der Waals surface area contributed by atoms with Crippen molar-refractivity contribution in [1.29, 1.82) is 0 Å². The average Bonchev–Trinajstić information content (AvgIpc) is 2.84. The van der Waals surface area contributed by atoms with Crippen LogP contribution in [0.15, 0.2) is 89.8 Å². The number of fused-ring (bicyclic) bond motifs is 1. The maximum Gasteiger partial charge on any atom is 0.255 e. The molecule has 0 radical (unpaired) electrons. The van der Waals surface area contributed by atoms with Gasteiger partial charge in [-0.15, -0.1) is 0 Å². The van der Waals surface area contributed by atoms with E-state index in [2.05, 4.69) is 10.0 Å². The molecule has 0 aromatic heterocycles. The Morgan fingerprint density at radius 3 is 2.32 bits per heavy atom. The molecule has 1 atom stereocenters. The Bertz CT molecular complexity index is 1460. The van der Waals surface area contributed by atoms with E-state index in [1.54, 1.807) is 50.4 Å². The normalized spacial score (nSPS) is 12.3. The van der Waals surface area contributed by atoms with E-state index in [0.717, 1.165) is 11.1 Å². The van der Waals surface area contributed by atoms with Crippen molar-refractivity contribution < 1.29 is 17.9 Å². The van der Waals surface area contributed by atoms with Crippen molar-refractivity contribution in [3.63, 3.8) is 0 Å². The molecule has 0 aliphatic heterocycles. The van der Waals surface area contributed by atoms with Crippen LogP contribution < -0.4 is 14.8 Å². The molecule has 174 valence electrons. The van der Waals surface area contributed by atoms with E-state index in [1.165, 1.54) is 6.07 Å². The summed E-state index contributed by atoms with van der Waals surface area (Å²) < 4.78 is 34.7. The maximum atomic E-state index is 13.4. The highest BCUT2D eigenvalue weighted by Gasteiger charge is 2.22. The molecular weight excluding hydrogens is 448 g/mol. The molecule has 0 heterocycles. The molecule has 0 bridgehead atoms. The van der Waals surface area contributed by atoms with Gasteiger partial charge in [-0.05, 0) is 55.3 Å². The zero-order chi connectivity index (χ0) is 24.3. The van der Waals surface area contributed by atoms with E-state index in [1.807, 2.05) is 49.4 Å². The lowest BCUT2D eigenvalue weighted by Crippen LogP contribution is -2.27. The molecule has 0 aliphatic carbocycles. The van der Waals surface area contributed by atoms with E-state index < -0.39 is 16.1 Å². The summed E-state index contributed by atoms with van der Waals surface area (Å²) >= 11 is 0. The van der Waals surface area contributed by atoms with Gasteiger partial charge in [0, 0.05) is 28.1 Å². The highest BCUT2D eigenvalue weighted by atomic mass is 32.2. The second kappa shape index (κ2) is 9.67. The number of aryl methyl sites for hydroxylation is 1. The quantitative estimate of drug-likeness (QED) is 0.373. The molecule has 0 spiro atoms. The minimum absolute atomic E-state index is 0.145. The van der Waals surface area contributed by atoms with Gasteiger partial charge in [0.25, 0.3) is 5.91 Å². The highest BCUT2D eigenvalue weighted by molar-refractivity contribution is 7.89. The van der Waals surface area contributed by atoms with Gasteiger partial charge in [-0.25, -0.2) is 13.1 Å². The number of carbonyl (C=O) groups is 1. The van der Waals surface area contributed by atoms with E-state index in [4.69, 9.17) is 4.74 Å². The molecule has 4 aromatic carbocycles. The minimum Gasteiger partial charge on any atom is -0.497 e. The lowest BCUT2D eigenvalue weighted by Gasteiger charge is -2.18. The second-order valence-corrected chi connectivity index (χ2v) is 9.73. The van der Waals surface area contributed by atoms with Crippen molar-refractivity contribution >= 4 is 32.4 Å². The number of ether oxygens (including phenoxy) is 1. The average molecular weight is 475 g/mol. The van der Waals surface area contributed by atoms with Crippen molar-refractivity contribution in [3.05, 3.63) is 102 Å². The molecule has 1 unspecified atom stereocenters. The molecule has 0 saturated heterocycles. The molecule has 2 N–H and O–H groups in total. The summed E-state index contributed by atoms with van der Waals surface area (Å²) in [7, 11) is -2.29. The monoisotopic (exact) mass is 474 g/mol. The first kappa shape index (κ1) is 23.5. The molecule has 1 amide bonds. The Kier molecular flexibility index (Phi) is 6.68. The Morgan fingerprint density at radius 2 is 1.59 bits per heavy atom. The van der Waals surface area contributed by atoms with Gasteiger partial charge in [0.15, 0.2) is 0 Å². The first-order chi connectivity index (χ1) is 16.3. The number of anilines is 1. The van der Waals surface area contributed by atoms with Gasteiger partial charge in [0.1, 0.15) is 5.75 Å². The van der Waals surface area contributed by atoms with Crippen LogP contribution in [0.2, 0.25) is 0 Å². The zero-order valence-corrected chi connectivity index (χ0v) is 20.0. The number of hydrogen-bond acceptors (Lipinski definition) is 4. The smallest absolute Gasteiger partial charge is 0.255 e. The van der Waals surface area contributed by atoms with Crippen LogP contribution >= 0.6 is 0 Å². The Labute approximate surface area is 199 Å². The van der Waals surface area contributed by atoms with Crippen molar-refractivity contribution in [2.75, 3.05) is 12.4 Å². The lowest BCUT2D eigenvalue weighted by atomic mass is 10.1. The van der Waals surface area contributed by atoms with Crippen LogP contribution in [0, 0.1) is 6.92 Å². The molecule has 4 rings (SSSR count). The van der Waals surface area contributed by atoms with Crippen LogP contribution in [0.3, 0.4) is 0 Å². The van der Waals surface area contributed by atoms with E-state index in [-0.39, 0.29) is 10.8 Å². The van der Waals surface area contributed by atoms with Crippen LogP contribution in [-0.2, 0) is 10.0 Å². The summed E-state index contributed by atoms with van der Waals surface area (Å²) in [5, 5.41) is 4.10. The fourth-order valence-corrected chi connectivity index (χ4v) is 5.35. The third-order valence-electron chi connectivity index (χ3n) is 5.74. The molecule has 7 heteroatoms. The maximum absolute atomic E-state index is 13.4. The number of methoxy groups -OCH3 is 1. The summed E-state index contributed by atoms with van der Waals surface area (Å²) in [5.41, 5.74) is 2.76. The molecule has 6 nitrogen and oxygen atoms in total. The number of amides is 1. The molecule has 0 fully saturated rings.